The number of nitriles is 1. The highest BCUT2D eigenvalue weighted by atomic mass is 32.2. The van der Waals surface area contributed by atoms with E-state index in [2.05, 4.69) is 43.3 Å². The minimum absolute atomic E-state index is 0.166. The Bertz CT molecular complexity index is 1890. The molecule has 0 bridgehead atoms. The van der Waals surface area contributed by atoms with E-state index < -0.39 is 22.8 Å². The number of ether oxygens (including phenoxy) is 1. The molecule has 0 amide bonds. The first-order valence-corrected chi connectivity index (χ1v) is 19.6. The van der Waals surface area contributed by atoms with E-state index in [-0.39, 0.29) is 5.92 Å². The summed E-state index contributed by atoms with van der Waals surface area (Å²) in [4.78, 5) is 5.00. The van der Waals surface area contributed by atoms with Gasteiger partial charge in [-0.15, -0.1) is 0 Å². The Hall–Kier alpha value is -3.45. The summed E-state index contributed by atoms with van der Waals surface area (Å²) in [5.41, 5.74) is 5.74. The van der Waals surface area contributed by atoms with Gasteiger partial charge in [0.2, 0.25) is 10.0 Å². The van der Waals surface area contributed by atoms with Gasteiger partial charge in [-0.1, -0.05) is 62.5 Å². The minimum Gasteiger partial charge on any atom is -0.361 e. The molecule has 220 valence electrons. The standard InChI is InChI=1S/C33H40N4O3SSi/c1-23-9-8-15-33(4,20-23)41(38,39)37-16-14-28-27(12-10-24(2)31(28)37)25(3)32-35-29-19-26(21-34)11-13-30(29)36(32)22-40-17-18-42(5,6)7/h8-14,16,19-20,25H,15,17-18,22H2,1-7H3. The van der Waals surface area contributed by atoms with Gasteiger partial charge in [0.1, 0.15) is 17.3 Å². The molecule has 2 atom stereocenters. The normalized spacial score (nSPS) is 18.4. The van der Waals surface area contributed by atoms with Crippen LogP contribution in [-0.4, -0.2) is 41.4 Å². The summed E-state index contributed by atoms with van der Waals surface area (Å²) in [6.45, 7) is 15.8. The maximum Gasteiger partial charge on any atom is 0.248 e. The van der Waals surface area contributed by atoms with Crippen LogP contribution in [0, 0.1) is 18.3 Å². The second-order valence-electron chi connectivity index (χ2n) is 12.9. The molecular formula is C33H40N4O3SSi. The lowest BCUT2D eigenvalue weighted by molar-refractivity contribution is 0.0876. The summed E-state index contributed by atoms with van der Waals surface area (Å²) in [5.74, 6) is 0.650. The molecular weight excluding hydrogens is 561 g/mol. The first-order valence-electron chi connectivity index (χ1n) is 14.5. The highest BCUT2D eigenvalue weighted by molar-refractivity contribution is 7.91. The van der Waals surface area contributed by atoms with Gasteiger partial charge in [-0.25, -0.2) is 17.4 Å². The first kappa shape index (κ1) is 30.0. The van der Waals surface area contributed by atoms with Crippen molar-refractivity contribution < 1.29 is 13.2 Å². The Labute approximate surface area is 250 Å². The summed E-state index contributed by atoms with van der Waals surface area (Å²) in [6.07, 6.45) is 7.88. The summed E-state index contributed by atoms with van der Waals surface area (Å²) in [6, 6.07) is 14.8. The van der Waals surface area contributed by atoms with Crippen LogP contribution in [0.4, 0.5) is 0 Å². The summed E-state index contributed by atoms with van der Waals surface area (Å²) >= 11 is 0. The molecule has 0 N–H and O–H groups in total. The van der Waals surface area contributed by atoms with Crippen molar-refractivity contribution in [2.24, 2.45) is 0 Å². The second-order valence-corrected chi connectivity index (χ2v) is 20.8. The average Bonchev–Trinajstić information content (AvgIpc) is 3.53. The van der Waals surface area contributed by atoms with Crippen LogP contribution in [0.15, 0.2) is 66.4 Å². The van der Waals surface area contributed by atoms with Gasteiger partial charge in [-0.05, 0) is 68.6 Å². The number of benzene rings is 2. The van der Waals surface area contributed by atoms with E-state index >= 15 is 0 Å². The van der Waals surface area contributed by atoms with Gasteiger partial charge in [0.25, 0.3) is 0 Å². The van der Waals surface area contributed by atoms with Crippen molar-refractivity contribution in [3.63, 3.8) is 0 Å². The third-order valence-corrected chi connectivity index (χ3v) is 12.3. The van der Waals surface area contributed by atoms with E-state index in [9.17, 15) is 13.7 Å². The van der Waals surface area contributed by atoms with Crippen molar-refractivity contribution in [2.45, 2.75) is 77.2 Å². The quantitative estimate of drug-likeness (QED) is 0.147. The number of allylic oxidation sites excluding steroid dienone is 3. The van der Waals surface area contributed by atoms with Gasteiger partial charge < -0.3 is 9.30 Å². The lowest BCUT2D eigenvalue weighted by Gasteiger charge is -2.29. The number of rotatable bonds is 9. The minimum atomic E-state index is -3.75. The zero-order chi connectivity index (χ0) is 30.4. The van der Waals surface area contributed by atoms with Crippen molar-refractivity contribution in [3.05, 3.63) is 88.9 Å². The number of hydrogen-bond acceptors (Lipinski definition) is 5. The van der Waals surface area contributed by atoms with E-state index in [1.54, 1.807) is 13.1 Å². The summed E-state index contributed by atoms with van der Waals surface area (Å²) in [7, 11) is -5.00. The number of fused-ring (bicyclic) bond motifs is 2. The molecule has 1 aliphatic carbocycles. The molecule has 2 unspecified atom stereocenters. The Balaban J connectivity index is 1.60. The third-order valence-electron chi connectivity index (χ3n) is 8.31. The lowest BCUT2D eigenvalue weighted by Crippen LogP contribution is -2.38. The monoisotopic (exact) mass is 600 g/mol. The molecule has 7 nitrogen and oxygen atoms in total. The van der Waals surface area contributed by atoms with Crippen molar-refractivity contribution in [3.8, 4) is 6.07 Å². The number of nitrogens with zero attached hydrogens (tertiary/aromatic N) is 4. The molecule has 0 aliphatic heterocycles. The molecule has 0 radical (unpaired) electrons. The molecule has 5 rings (SSSR count). The van der Waals surface area contributed by atoms with Gasteiger partial charge in [-0.3, -0.25) is 0 Å². The Morgan fingerprint density at radius 2 is 1.93 bits per heavy atom. The van der Waals surface area contributed by atoms with Crippen molar-refractivity contribution >= 4 is 40.0 Å². The highest BCUT2D eigenvalue weighted by Gasteiger charge is 2.39. The number of aromatic nitrogens is 3. The smallest absolute Gasteiger partial charge is 0.248 e. The maximum absolute atomic E-state index is 14.1. The fourth-order valence-electron chi connectivity index (χ4n) is 5.82. The van der Waals surface area contributed by atoms with Crippen LogP contribution in [-0.2, 0) is 21.5 Å². The lowest BCUT2D eigenvalue weighted by atomic mass is 9.95. The van der Waals surface area contributed by atoms with Crippen LogP contribution >= 0.6 is 0 Å². The molecule has 0 saturated heterocycles. The molecule has 2 aromatic carbocycles. The van der Waals surface area contributed by atoms with E-state index in [1.165, 1.54) is 3.97 Å². The van der Waals surface area contributed by atoms with Crippen molar-refractivity contribution in [1.82, 2.24) is 13.5 Å². The molecule has 0 saturated carbocycles. The van der Waals surface area contributed by atoms with Gasteiger partial charge in [0.05, 0.1) is 28.2 Å². The Morgan fingerprint density at radius 3 is 2.62 bits per heavy atom. The fraction of sp³-hybridized carbons (Fsp3) is 0.394. The second kappa shape index (κ2) is 11.0. The van der Waals surface area contributed by atoms with Crippen molar-refractivity contribution in [1.29, 1.82) is 5.26 Å². The predicted molar refractivity (Wildman–Crippen MR) is 173 cm³/mol. The van der Waals surface area contributed by atoms with Crippen LogP contribution in [0.5, 0.6) is 0 Å². The van der Waals surface area contributed by atoms with Gasteiger partial charge >= 0.3 is 0 Å². The maximum atomic E-state index is 14.1. The SMILES string of the molecule is CC1=CC(C)(S(=O)(=O)n2ccc3c(C(C)c4nc5cc(C#N)ccc5n4COCC[Si](C)(C)C)ccc(C)c32)CC=C1. The van der Waals surface area contributed by atoms with Gasteiger partial charge in [0, 0.05) is 32.2 Å². The molecule has 4 aromatic rings. The molecule has 42 heavy (non-hydrogen) atoms. The van der Waals surface area contributed by atoms with E-state index in [1.807, 2.05) is 62.4 Å². The van der Waals surface area contributed by atoms with Crippen molar-refractivity contribution in [2.75, 3.05) is 6.61 Å². The molecule has 0 fully saturated rings. The average molecular weight is 601 g/mol. The van der Waals surface area contributed by atoms with Crippen LogP contribution in [0.1, 0.15) is 55.6 Å². The number of imidazole rings is 1. The Morgan fingerprint density at radius 1 is 1.17 bits per heavy atom. The molecule has 1 aliphatic rings. The zero-order valence-electron chi connectivity index (χ0n) is 25.6. The van der Waals surface area contributed by atoms with E-state index in [4.69, 9.17) is 9.72 Å². The fourth-order valence-corrected chi connectivity index (χ4v) is 8.38. The largest absolute Gasteiger partial charge is 0.361 e. The molecule has 2 aromatic heterocycles. The van der Waals surface area contributed by atoms with Crippen LogP contribution in [0.25, 0.3) is 21.9 Å². The summed E-state index contributed by atoms with van der Waals surface area (Å²) in [5, 5.41) is 10.4. The number of hydrogen-bond donors (Lipinski definition) is 0. The van der Waals surface area contributed by atoms with Gasteiger partial charge in [-0.2, -0.15) is 5.26 Å². The van der Waals surface area contributed by atoms with Gasteiger partial charge in [0.15, 0.2) is 0 Å². The zero-order valence-corrected chi connectivity index (χ0v) is 27.4. The first-order chi connectivity index (χ1) is 19.8. The topological polar surface area (TPSA) is 89.9 Å². The van der Waals surface area contributed by atoms with Crippen LogP contribution < -0.4 is 0 Å². The number of aryl methyl sites for hydroxylation is 1. The molecule has 0 spiro atoms. The van der Waals surface area contributed by atoms with E-state index in [0.717, 1.165) is 45.0 Å². The van der Waals surface area contributed by atoms with Crippen LogP contribution in [0.3, 0.4) is 0 Å². The summed E-state index contributed by atoms with van der Waals surface area (Å²) < 4.78 is 36.9. The molecule has 2 heterocycles. The predicted octanol–water partition coefficient (Wildman–Crippen LogP) is 7.48. The van der Waals surface area contributed by atoms with E-state index in [0.29, 0.717) is 30.8 Å². The highest BCUT2D eigenvalue weighted by Crippen LogP contribution is 2.38. The third kappa shape index (κ3) is 5.39. The molecule has 9 heteroatoms. The Kier molecular flexibility index (Phi) is 7.86. The van der Waals surface area contributed by atoms with Crippen LogP contribution in [0.2, 0.25) is 25.7 Å².